The molecule has 5 nitrogen and oxygen atoms in total. The molecule has 22 heavy (non-hydrogen) atoms. The second kappa shape index (κ2) is 5.69. The fourth-order valence-electron chi connectivity index (χ4n) is 2.49. The monoisotopic (exact) mass is 313 g/mol. The van der Waals surface area contributed by atoms with Crippen LogP contribution in [-0.4, -0.2) is 43.4 Å². The molecule has 1 fully saturated rings. The second-order valence-electron chi connectivity index (χ2n) is 4.99. The third-order valence-corrected chi connectivity index (χ3v) is 3.53. The van der Waals surface area contributed by atoms with Gasteiger partial charge in [-0.3, -0.25) is 9.79 Å². The van der Waals surface area contributed by atoms with E-state index in [2.05, 4.69) is 4.99 Å². The van der Waals surface area contributed by atoms with Crippen LogP contribution >= 0.6 is 0 Å². The Kier molecular flexibility index (Phi) is 3.88. The van der Waals surface area contributed by atoms with Gasteiger partial charge in [-0.2, -0.15) is 13.2 Å². The number of nitrogens with zero attached hydrogens (tertiary/aromatic N) is 3. The van der Waals surface area contributed by atoms with Crippen molar-refractivity contribution in [3.8, 4) is 0 Å². The number of halogens is 3. The van der Waals surface area contributed by atoms with Crippen LogP contribution < -0.4 is 5.01 Å². The number of benzene rings is 1. The van der Waals surface area contributed by atoms with Crippen molar-refractivity contribution in [1.82, 2.24) is 5.01 Å². The van der Waals surface area contributed by atoms with Gasteiger partial charge in [-0.25, -0.2) is 10.0 Å². The molecule has 2 heterocycles. The summed E-state index contributed by atoms with van der Waals surface area (Å²) in [5, 5.41) is 3.01. The van der Waals surface area contributed by atoms with Gasteiger partial charge in [0.2, 0.25) is 5.91 Å². The van der Waals surface area contributed by atoms with Crippen LogP contribution in [0.25, 0.3) is 0 Å². The number of ether oxygens (including phenoxy) is 1. The number of carbonyl (C=O) groups is 1. The quantitative estimate of drug-likeness (QED) is 0.800. The SMILES string of the molecule is O=C1CC=Nc2ccc(C(F)(F)F)cc2N1N1CCOCC1. The lowest BCUT2D eigenvalue weighted by atomic mass is 10.1. The first kappa shape index (κ1) is 15.0. The summed E-state index contributed by atoms with van der Waals surface area (Å²) < 4.78 is 44.1. The highest BCUT2D eigenvalue weighted by Crippen LogP contribution is 2.38. The molecule has 0 bridgehead atoms. The van der Waals surface area contributed by atoms with E-state index < -0.39 is 11.7 Å². The molecule has 0 radical (unpaired) electrons. The van der Waals surface area contributed by atoms with Gasteiger partial charge in [0, 0.05) is 19.3 Å². The zero-order chi connectivity index (χ0) is 15.7. The zero-order valence-electron chi connectivity index (χ0n) is 11.6. The van der Waals surface area contributed by atoms with Crippen LogP contribution in [0.4, 0.5) is 24.5 Å². The minimum atomic E-state index is -4.47. The molecule has 0 spiro atoms. The normalized spacial score (nSPS) is 20.0. The van der Waals surface area contributed by atoms with Crippen LogP contribution in [0.3, 0.4) is 0 Å². The lowest BCUT2D eigenvalue weighted by Gasteiger charge is -2.37. The smallest absolute Gasteiger partial charge is 0.379 e. The van der Waals surface area contributed by atoms with Crippen molar-refractivity contribution in [2.24, 2.45) is 4.99 Å². The number of carbonyl (C=O) groups excluding carboxylic acids is 1. The molecule has 0 aromatic heterocycles. The van der Waals surface area contributed by atoms with Gasteiger partial charge in [-0.15, -0.1) is 0 Å². The average molecular weight is 313 g/mol. The van der Waals surface area contributed by atoms with Gasteiger partial charge in [0.05, 0.1) is 36.6 Å². The summed E-state index contributed by atoms with van der Waals surface area (Å²) in [5.41, 5.74) is -0.282. The van der Waals surface area contributed by atoms with Gasteiger partial charge in [0.25, 0.3) is 0 Å². The number of fused-ring (bicyclic) bond motifs is 1. The Hall–Kier alpha value is -1.93. The Balaban J connectivity index is 2.05. The number of hydrazine groups is 1. The first-order valence-electron chi connectivity index (χ1n) is 6.86. The molecule has 0 aliphatic carbocycles. The summed E-state index contributed by atoms with van der Waals surface area (Å²) in [6.07, 6.45) is -2.99. The van der Waals surface area contributed by atoms with Crippen LogP contribution in [0.5, 0.6) is 0 Å². The second-order valence-corrected chi connectivity index (χ2v) is 4.99. The number of rotatable bonds is 1. The van der Waals surface area contributed by atoms with E-state index in [0.717, 1.165) is 12.1 Å². The third kappa shape index (κ3) is 2.84. The molecule has 0 unspecified atom stereocenters. The molecular formula is C14H14F3N3O2. The van der Waals surface area contributed by atoms with E-state index in [4.69, 9.17) is 4.74 Å². The predicted molar refractivity (Wildman–Crippen MR) is 74.1 cm³/mol. The molecule has 118 valence electrons. The van der Waals surface area contributed by atoms with Gasteiger partial charge >= 0.3 is 6.18 Å². The maximum Gasteiger partial charge on any atom is 0.416 e. The first-order chi connectivity index (χ1) is 10.5. The summed E-state index contributed by atoms with van der Waals surface area (Å²) >= 11 is 0. The number of morpholine rings is 1. The lowest BCUT2D eigenvalue weighted by molar-refractivity contribution is -0.137. The van der Waals surface area contributed by atoms with E-state index in [1.807, 2.05) is 0 Å². The fraction of sp³-hybridized carbons (Fsp3) is 0.429. The number of hydrogen-bond acceptors (Lipinski definition) is 4. The zero-order valence-corrected chi connectivity index (χ0v) is 11.6. The van der Waals surface area contributed by atoms with Gasteiger partial charge in [0.1, 0.15) is 0 Å². The average Bonchev–Trinajstić information content (AvgIpc) is 2.64. The molecule has 1 amide bonds. The van der Waals surface area contributed by atoms with Crippen molar-refractivity contribution in [1.29, 1.82) is 0 Å². The maximum absolute atomic E-state index is 13.0. The molecule has 2 aliphatic rings. The Morgan fingerprint density at radius 1 is 1.18 bits per heavy atom. The van der Waals surface area contributed by atoms with E-state index in [-0.39, 0.29) is 18.0 Å². The fourth-order valence-corrected chi connectivity index (χ4v) is 2.49. The highest BCUT2D eigenvalue weighted by atomic mass is 19.4. The molecule has 8 heteroatoms. The van der Waals surface area contributed by atoms with Crippen molar-refractivity contribution < 1.29 is 22.7 Å². The van der Waals surface area contributed by atoms with Gasteiger partial charge < -0.3 is 4.74 Å². The Labute approximate surface area is 124 Å². The minimum absolute atomic E-state index is 0.0490. The molecule has 1 aromatic rings. The summed E-state index contributed by atoms with van der Waals surface area (Å²) in [6, 6.07) is 3.25. The number of alkyl halides is 3. The van der Waals surface area contributed by atoms with Crippen LogP contribution in [-0.2, 0) is 15.7 Å². The molecule has 0 atom stereocenters. The molecule has 2 aliphatic heterocycles. The molecule has 3 rings (SSSR count). The van der Waals surface area contributed by atoms with Crippen LogP contribution in [0.2, 0.25) is 0 Å². The van der Waals surface area contributed by atoms with Crippen molar-refractivity contribution in [3.05, 3.63) is 23.8 Å². The van der Waals surface area contributed by atoms with Crippen LogP contribution in [0.1, 0.15) is 12.0 Å². The molecular weight excluding hydrogens is 299 g/mol. The number of anilines is 1. The van der Waals surface area contributed by atoms with E-state index in [1.54, 1.807) is 5.01 Å². The molecule has 1 aromatic carbocycles. The summed E-state index contributed by atoms with van der Waals surface area (Å²) in [4.78, 5) is 16.4. The van der Waals surface area contributed by atoms with E-state index >= 15 is 0 Å². The summed E-state index contributed by atoms with van der Waals surface area (Å²) in [6.45, 7) is 1.75. The van der Waals surface area contributed by atoms with Crippen molar-refractivity contribution >= 4 is 23.5 Å². The number of amides is 1. The van der Waals surface area contributed by atoms with Gasteiger partial charge in [-0.1, -0.05) is 0 Å². The molecule has 1 saturated heterocycles. The molecule has 0 saturated carbocycles. The standard InChI is InChI=1S/C14H14F3N3O2/c15-14(16,17)10-1-2-11-12(9-10)20(13(21)3-4-18-11)19-5-7-22-8-6-19/h1-2,4,9H,3,5-8H2. The largest absolute Gasteiger partial charge is 0.416 e. The Bertz CT molecular complexity index is 610. The summed E-state index contributed by atoms with van der Waals surface area (Å²) in [5.74, 6) is -0.302. The van der Waals surface area contributed by atoms with Crippen molar-refractivity contribution in [2.75, 3.05) is 31.3 Å². The summed E-state index contributed by atoms with van der Waals surface area (Å²) in [7, 11) is 0. The Morgan fingerprint density at radius 3 is 2.59 bits per heavy atom. The third-order valence-electron chi connectivity index (χ3n) is 3.53. The molecule has 0 N–H and O–H groups in total. The number of hydrogen-bond donors (Lipinski definition) is 0. The van der Waals surface area contributed by atoms with Gasteiger partial charge in [0.15, 0.2) is 0 Å². The Morgan fingerprint density at radius 2 is 1.91 bits per heavy atom. The predicted octanol–water partition coefficient (Wildman–Crippen LogP) is 2.39. The van der Waals surface area contributed by atoms with Crippen LogP contribution in [0.15, 0.2) is 23.2 Å². The first-order valence-corrected chi connectivity index (χ1v) is 6.86. The lowest BCUT2D eigenvalue weighted by Crippen LogP contribution is -2.51. The van der Waals surface area contributed by atoms with E-state index in [9.17, 15) is 18.0 Å². The van der Waals surface area contributed by atoms with Crippen molar-refractivity contribution in [3.63, 3.8) is 0 Å². The van der Waals surface area contributed by atoms with Crippen molar-refractivity contribution in [2.45, 2.75) is 12.6 Å². The minimum Gasteiger partial charge on any atom is -0.379 e. The van der Waals surface area contributed by atoms with Gasteiger partial charge in [-0.05, 0) is 18.2 Å². The topological polar surface area (TPSA) is 45.1 Å². The highest BCUT2D eigenvalue weighted by Gasteiger charge is 2.34. The van der Waals surface area contributed by atoms with Crippen LogP contribution in [0, 0.1) is 0 Å². The highest BCUT2D eigenvalue weighted by molar-refractivity contribution is 6.04. The maximum atomic E-state index is 13.0. The van der Waals surface area contributed by atoms with E-state index in [1.165, 1.54) is 17.3 Å². The number of aliphatic imine (C=N–C) groups is 1. The van der Waals surface area contributed by atoms with E-state index in [0.29, 0.717) is 32.0 Å².